The summed E-state index contributed by atoms with van der Waals surface area (Å²) < 4.78 is 2.02. The Kier molecular flexibility index (Phi) is 3.10. The van der Waals surface area contributed by atoms with Crippen LogP contribution in [0.15, 0.2) is 18.5 Å². The van der Waals surface area contributed by atoms with Gasteiger partial charge in [-0.1, -0.05) is 13.8 Å². The molecular weight excluding hydrogens is 188 g/mol. The molecule has 84 valence electrons. The van der Waals surface area contributed by atoms with Crippen molar-refractivity contribution in [2.24, 2.45) is 11.8 Å². The largest absolute Gasteiger partial charge is 0.393 e. The summed E-state index contributed by atoms with van der Waals surface area (Å²) in [6, 6.07) is 2.34. The highest BCUT2D eigenvalue weighted by Crippen LogP contribution is 2.37. The van der Waals surface area contributed by atoms with Gasteiger partial charge in [0.25, 0.3) is 0 Å². The van der Waals surface area contributed by atoms with Crippen LogP contribution in [0.5, 0.6) is 0 Å². The number of aromatic nitrogens is 2. The van der Waals surface area contributed by atoms with Crippen molar-refractivity contribution in [1.82, 2.24) is 9.78 Å². The van der Waals surface area contributed by atoms with Gasteiger partial charge in [0, 0.05) is 12.4 Å². The van der Waals surface area contributed by atoms with Crippen molar-refractivity contribution in [1.29, 1.82) is 0 Å². The van der Waals surface area contributed by atoms with E-state index in [-0.39, 0.29) is 6.10 Å². The van der Waals surface area contributed by atoms with Crippen molar-refractivity contribution in [2.75, 3.05) is 0 Å². The van der Waals surface area contributed by atoms with E-state index in [1.54, 1.807) is 0 Å². The zero-order valence-electron chi connectivity index (χ0n) is 9.50. The molecule has 3 nitrogen and oxygen atoms in total. The highest BCUT2D eigenvalue weighted by molar-refractivity contribution is 4.89. The quantitative estimate of drug-likeness (QED) is 0.809. The molecule has 1 aliphatic rings. The summed E-state index contributed by atoms with van der Waals surface area (Å²) in [5.41, 5.74) is 0. The van der Waals surface area contributed by atoms with Crippen LogP contribution in [0.3, 0.4) is 0 Å². The van der Waals surface area contributed by atoms with E-state index < -0.39 is 0 Å². The second-order valence-corrected chi connectivity index (χ2v) is 4.93. The highest BCUT2D eigenvalue weighted by Gasteiger charge is 2.32. The molecule has 1 heterocycles. The molecule has 3 atom stereocenters. The number of nitrogens with zero attached hydrogens (tertiary/aromatic N) is 2. The normalized spacial score (nSPS) is 32.1. The minimum Gasteiger partial charge on any atom is -0.393 e. The lowest BCUT2D eigenvalue weighted by Gasteiger charge is -2.36. The van der Waals surface area contributed by atoms with Crippen molar-refractivity contribution < 1.29 is 5.11 Å². The van der Waals surface area contributed by atoms with Gasteiger partial charge in [-0.2, -0.15) is 5.10 Å². The summed E-state index contributed by atoms with van der Waals surface area (Å²) in [5, 5.41) is 14.0. The van der Waals surface area contributed by atoms with Crippen molar-refractivity contribution in [3.63, 3.8) is 0 Å². The van der Waals surface area contributed by atoms with Crippen LogP contribution >= 0.6 is 0 Å². The monoisotopic (exact) mass is 208 g/mol. The Morgan fingerprint density at radius 3 is 2.80 bits per heavy atom. The Balaban J connectivity index is 2.17. The molecular formula is C12H20N2O. The van der Waals surface area contributed by atoms with E-state index >= 15 is 0 Å². The number of aliphatic hydroxyl groups excluding tert-OH is 1. The molecule has 2 rings (SSSR count). The van der Waals surface area contributed by atoms with Crippen molar-refractivity contribution >= 4 is 0 Å². The van der Waals surface area contributed by atoms with Gasteiger partial charge in [-0.05, 0) is 37.2 Å². The lowest BCUT2D eigenvalue weighted by molar-refractivity contribution is 0.0522. The van der Waals surface area contributed by atoms with Gasteiger partial charge in [-0.15, -0.1) is 0 Å². The van der Waals surface area contributed by atoms with Gasteiger partial charge in [-0.3, -0.25) is 4.68 Å². The maximum absolute atomic E-state index is 9.74. The summed E-state index contributed by atoms with van der Waals surface area (Å²) in [6.45, 7) is 4.53. The van der Waals surface area contributed by atoms with Crippen molar-refractivity contribution in [3.05, 3.63) is 18.5 Å². The highest BCUT2D eigenvalue weighted by atomic mass is 16.3. The first-order chi connectivity index (χ1) is 7.18. The van der Waals surface area contributed by atoms with E-state index in [0.717, 1.165) is 19.3 Å². The van der Waals surface area contributed by atoms with Gasteiger partial charge in [0.1, 0.15) is 0 Å². The van der Waals surface area contributed by atoms with Crippen LogP contribution in [-0.4, -0.2) is 21.0 Å². The molecule has 1 aromatic heterocycles. The molecule has 1 aliphatic carbocycles. The summed E-state index contributed by atoms with van der Waals surface area (Å²) in [6.07, 6.45) is 6.60. The summed E-state index contributed by atoms with van der Waals surface area (Å²) in [4.78, 5) is 0. The number of rotatable bonds is 2. The standard InChI is InChI=1S/C12H20N2O/c1-9(2)11-5-4-10(15)8-12(11)14-7-3-6-13-14/h3,6-7,9-12,15H,4-5,8H2,1-2H3. The van der Waals surface area contributed by atoms with Crippen LogP contribution in [-0.2, 0) is 0 Å². The number of hydrogen-bond acceptors (Lipinski definition) is 2. The fraction of sp³-hybridized carbons (Fsp3) is 0.750. The summed E-state index contributed by atoms with van der Waals surface area (Å²) in [5.74, 6) is 1.31. The van der Waals surface area contributed by atoms with E-state index in [4.69, 9.17) is 0 Å². The third-order valence-electron chi connectivity index (χ3n) is 3.56. The predicted molar refractivity (Wildman–Crippen MR) is 59.4 cm³/mol. The first-order valence-electron chi connectivity index (χ1n) is 5.85. The molecule has 0 bridgehead atoms. The second-order valence-electron chi connectivity index (χ2n) is 4.93. The molecule has 3 heteroatoms. The smallest absolute Gasteiger partial charge is 0.0574 e. The van der Waals surface area contributed by atoms with Crippen LogP contribution in [0.4, 0.5) is 0 Å². The molecule has 0 saturated heterocycles. The zero-order valence-corrected chi connectivity index (χ0v) is 9.50. The number of aliphatic hydroxyl groups is 1. The first kappa shape index (κ1) is 10.7. The molecule has 1 saturated carbocycles. The fourth-order valence-corrected chi connectivity index (χ4v) is 2.71. The molecule has 1 N–H and O–H groups in total. The Morgan fingerprint density at radius 2 is 2.20 bits per heavy atom. The molecule has 0 aliphatic heterocycles. The SMILES string of the molecule is CC(C)C1CCC(O)CC1n1cccn1. The average Bonchev–Trinajstić information content (AvgIpc) is 2.69. The summed E-state index contributed by atoms with van der Waals surface area (Å²) >= 11 is 0. The lowest BCUT2D eigenvalue weighted by Crippen LogP contribution is -2.33. The van der Waals surface area contributed by atoms with Crippen LogP contribution in [0, 0.1) is 11.8 Å². The van der Waals surface area contributed by atoms with Crippen LogP contribution in [0.25, 0.3) is 0 Å². The average molecular weight is 208 g/mol. The van der Waals surface area contributed by atoms with Crippen molar-refractivity contribution in [3.8, 4) is 0 Å². The van der Waals surface area contributed by atoms with Gasteiger partial charge in [0.2, 0.25) is 0 Å². The Labute approximate surface area is 91.1 Å². The Hall–Kier alpha value is -0.830. The minimum atomic E-state index is -0.144. The maximum atomic E-state index is 9.74. The van der Waals surface area contributed by atoms with Gasteiger partial charge in [-0.25, -0.2) is 0 Å². The first-order valence-corrected chi connectivity index (χ1v) is 5.85. The topological polar surface area (TPSA) is 38.0 Å². The van der Waals surface area contributed by atoms with Gasteiger partial charge < -0.3 is 5.11 Å². The maximum Gasteiger partial charge on any atom is 0.0574 e. The Bertz CT molecular complexity index is 295. The molecule has 0 radical (unpaired) electrons. The third-order valence-corrected chi connectivity index (χ3v) is 3.56. The van der Waals surface area contributed by atoms with E-state index in [2.05, 4.69) is 18.9 Å². The minimum absolute atomic E-state index is 0.144. The molecule has 0 aromatic carbocycles. The van der Waals surface area contributed by atoms with Crippen LogP contribution in [0.2, 0.25) is 0 Å². The molecule has 0 spiro atoms. The second kappa shape index (κ2) is 4.35. The van der Waals surface area contributed by atoms with Gasteiger partial charge >= 0.3 is 0 Å². The number of hydrogen-bond donors (Lipinski definition) is 1. The van der Waals surface area contributed by atoms with Crippen LogP contribution < -0.4 is 0 Å². The van der Waals surface area contributed by atoms with Crippen molar-refractivity contribution in [2.45, 2.75) is 45.3 Å². The molecule has 0 amide bonds. The summed E-state index contributed by atoms with van der Waals surface area (Å²) in [7, 11) is 0. The van der Waals surface area contributed by atoms with Gasteiger partial charge in [0.15, 0.2) is 0 Å². The lowest BCUT2D eigenvalue weighted by atomic mass is 9.77. The molecule has 15 heavy (non-hydrogen) atoms. The van der Waals surface area contributed by atoms with E-state index in [0.29, 0.717) is 17.9 Å². The van der Waals surface area contributed by atoms with Gasteiger partial charge in [0.05, 0.1) is 12.1 Å². The molecule has 1 aromatic rings. The third kappa shape index (κ3) is 2.23. The van der Waals surface area contributed by atoms with E-state index in [1.807, 2.05) is 23.1 Å². The fourth-order valence-electron chi connectivity index (χ4n) is 2.71. The van der Waals surface area contributed by atoms with E-state index in [1.165, 1.54) is 0 Å². The molecule has 1 fully saturated rings. The predicted octanol–water partition coefficient (Wildman–Crippen LogP) is 2.24. The van der Waals surface area contributed by atoms with Crippen LogP contribution in [0.1, 0.15) is 39.2 Å². The Morgan fingerprint density at radius 1 is 1.40 bits per heavy atom. The molecule has 3 unspecified atom stereocenters. The zero-order chi connectivity index (χ0) is 10.8. The van der Waals surface area contributed by atoms with E-state index in [9.17, 15) is 5.11 Å².